The first-order chi connectivity index (χ1) is 15.0. The summed E-state index contributed by atoms with van der Waals surface area (Å²) in [5.41, 5.74) is 2.93. The second-order valence-electron chi connectivity index (χ2n) is 7.72. The lowest BCUT2D eigenvalue weighted by atomic mass is 10.1. The molecule has 1 aliphatic heterocycles. The minimum Gasteiger partial charge on any atom is -0.497 e. The number of aromatic nitrogens is 2. The number of ether oxygens (including phenoxy) is 3. The Morgan fingerprint density at radius 1 is 0.935 bits per heavy atom. The van der Waals surface area contributed by atoms with Crippen molar-refractivity contribution in [3.8, 4) is 28.4 Å². The number of carbonyl (C=O) groups excluding carboxylic acids is 1. The lowest BCUT2D eigenvalue weighted by Crippen LogP contribution is -2.48. The Morgan fingerprint density at radius 3 is 2.03 bits per heavy atom. The van der Waals surface area contributed by atoms with Crippen LogP contribution in [0, 0.1) is 0 Å². The number of hydrogen-bond acceptors (Lipinski definition) is 5. The zero-order valence-electron chi connectivity index (χ0n) is 18.2. The summed E-state index contributed by atoms with van der Waals surface area (Å²) >= 11 is 0. The van der Waals surface area contributed by atoms with Crippen LogP contribution in [0.25, 0.3) is 16.9 Å². The number of morpholine rings is 1. The standard InChI is InChI=1S/C24H27N3O4/c1-16-14-26(15-17(2)31-16)24(28)23-13-22(18-5-9-20(29-3)10-6-18)25-27(23)19-7-11-21(30-4)12-8-19/h5-13,16-17H,14-15H2,1-4H3. The topological polar surface area (TPSA) is 65.8 Å². The Hall–Kier alpha value is -3.32. The summed E-state index contributed by atoms with van der Waals surface area (Å²) in [7, 11) is 3.26. The van der Waals surface area contributed by atoms with Gasteiger partial charge in [0.2, 0.25) is 0 Å². The van der Waals surface area contributed by atoms with E-state index in [1.165, 1.54) is 0 Å². The van der Waals surface area contributed by atoms with Gasteiger partial charge in [0.1, 0.15) is 17.2 Å². The summed E-state index contributed by atoms with van der Waals surface area (Å²) < 4.78 is 18.0. The van der Waals surface area contributed by atoms with E-state index in [-0.39, 0.29) is 18.1 Å². The van der Waals surface area contributed by atoms with E-state index in [0.717, 1.165) is 28.4 Å². The Labute approximate surface area is 182 Å². The van der Waals surface area contributed by atoms with E-state index in [2.05, 4.69) is 0 Å². The monoisotopic (exact) mass is 421 g/mol. The van der Waals surface area contributed by atoms with Crippen molar-refractivity contribution in [1.82, 2.24) is 14.7 Å². The smallest absolute Gasteiger partial charge is 0.272 e. The first-order valence-corrected chi connectivity index (χ1v) is 10.3. The van der Waals surface area contributed by atoms with Crippen molar-refractivity contribution in [3.05, 3.63) is 60.3 Å². The zero-order valence-corrected chi connectivity index (χ0v) is 18.2. The van der Waals surface area contributed by atoms with Crippen LogP contribution in [0.15, 0.2) is 54.6 Å². The summed E-state index contributed by atoms with van der Waals surface area (Å²) in [5, 5.41) is 4.77. The van der Waals surface area contributed by atoms with Gasteiger partial charge in [0, 0.05) is 18.7 Å². The molecule has 0 radical (unpaired) electrons. The van der Waals surface area contributed by atoms with Gasteiger partial charge < -0.3 is 19.1 Å². The summed E-state index contributed by atoms with van der Waals surface area (Å²) in [6.45, 7) is 5.07. The van der Waals surface area contributed by atoms with Crippen LogP contribution < -0.4 is 9.47 Å². The molecule has 1 fully saturated rings. The van der Waals surface area contributed by atoms with Crippen molar-refractivity contribution in [2.45, 2.75) is 26.1 Å². The molecule has 0 saturated carbocycles. The van der Waals surface area contributed by atoms with Crippen LogP contribution in [-0.2, 0) is 4.74 Å². The number of rotatable bonds is 5. The lowest BCUT2D eigenvalue weighted by molar-refractivity contribution is -0.0588. The predicted molar refractivity (Wildman–Crippen MR) is 118 cm³/mol. The van der Waals surface area contributed by atoms with Crippen molar-refractivity contribution in [2.75, 3.05) is 27.3 Å². The molecule has 1 aliphatic rings. The SMILES string of the molecule is COc1ccc(-c2cc(C(=O)N3CC(C)OC(C)C3)n(-c3ccc(OC)cc3)n2)cc1. The van der Waals surface area contributed by atoms with Gasteiger partial charge in [-0.3, -0.25) is 4.79 Å². The molecule has 3 aromatic rings. The van der Waals surface area contributed by atoms with Crippen molar-refractivity contribution in [2.24, 2.45) is 0 Å². The maximum Gasteiger partial charge on any atom is 0.272 e. The van der Waals surface area contributed by atoms with Crippen molar-refractivity contribution in [3.63, 3.8) is 0 Å². The summed E-state index contributed by atoms with van der Waals surface area (Å²) in [6.07, 6.45) is -0.0165. The van der Waals surface area contributed by atoms with E-state index < -0.39 is 0 Å². The van der Waals surface area contributed by atoms with Gasteiger partial charge in [-0.1, -0.05) is 0 Å². The highest BCUT2D eigenvalue weighted by atomic mass is 16.5. The van der Waals surface area contributed by atoms with Gasteiger partial charge >= 0.3 is 0 Å². The Balaban J connectivity index is 1.75. The predicted octanol–water partition coefficient (Wildman–Crippen LogP) is 3.81. The summed E-state index contributed by atoms with van der Waals surface area (Å²) in [5.74, 6) is 1.45. The van der Waals surface area contributed by atoms with Crippen molar-refractivity contribution in [1.29, 1.82) is 0 Å². The fraction of sp³-hybridized carbons (Fsp3) is 0.333. The number of methoxy groups -OCH3 is 2. The van der Waals surface area contributed by atoms with Crippen molar-refractivity contribution >= 4 is 5.91 Å². The van der Waals surface area contributed by atoms with Crippen molar-refractivity contribution < 1.29 is 19.0 Å². The molecule has 31 heavy (non-hydrogen) atoms. The van der Waals surface area contributed by atoms with E-state index in [1.807, 2.05) is 73.3 Å². The van der Waals surface area contributed by atoms with E-state index in [4.69, 9.17) is 19.3 Å². The number of nitrogens with zero attached hydrogens (tertiary/aromatic N) is 3. The van der Waals surface area contributed by atoms with Gasteiger partial charge in [0.25, 0.3) is 5.91 Å². The van der Waals surface area contributed by atoms with Crippen LogP contribution in [0.5, 0.6) is 11.5 Å². The van der Waals surface area contributed by atoms with E-state index in [9.17, 15) is 4.79 Å². The molecule has 0 aliphatic carbocycles. The maximum atomic E-state index is 13.5. The second kappa shape index (κ2) is 8.81. The molecular weight excluding hydrogens is 394 g/mol. The molecule has 2 aromatic carbocycles. The highest BCUT2D eigenvalue weighted by Crippen LogP contribution is 2.26. The van der Waals surface area contributed by atoms with Gasteiger partial charge in [-0.15, -0.1) is 0 Å². The van der Waals surface area contributed by atoms with Gasteiger partial charge in [0.05, 0.1) is 37.8 Å². The molecule has 2 atom stereocenters. The minimum atomic E-state index is -0.0647. The van der Waals surface area contributed by atoms with Crippen LogP contribution in [0.1, 0.15) is 24.3 Å². The van der Waals surface area contributed by atoms with Gasteiger partial charge in [-0.05, 0) is 68.4 Å². The second-order valence-corrected chi connectivity index (χ2v) is 7.72. The number of hydrogen-bond donors (Lipinski definition) is 0. The third kappa shape index (κ3) is 4.41. The molecule has 7 nitrogen and oxygen atoms in total. The lowest BCUT2D eigenvalue weighted by Gasteiger charge is -2.35. The normalized spacial score (nSPS) is 18.6. The Morgan fingerprint density at radius 2 is 1.48 bits per heavy atom. The molecule has 2 unspecified atom stereocenters. The molecule has 7 heteroatoms. The van der Waals surface area contributed by atoms with Gasteiger partial charge in [-0.25, -0.2) is 4.68 Å². The molecule has 0 spiro atoms. The minimum absolute atomic E-state index is 0.00823. The third-order valence-corrected chi connectivity index (χ3v) is 5.34. The van der Waals surface area contributed by atoms with Crippen LogP contribution >= 0.6 is 0 Å². The van der Waals surface area contributed by atoms with E-state index in [0.29, 0.717) is 18.8 Å². The van der Waals surface area contributed by atoms with Gasteiger partial charge in [0.15, 0.2) is 0 Å². The average Bonchev–Trinajstić information content (AvgIpc) is 3.23. The Kier molecular flexibility index (Phi) is 5.95. The first-order valence-electron chi connectivity index (χ1n) is 10.3. The summed E-state index contributed by atoms with van der Waals surface area (Å²) in [6, 6.07) is 17.0. The van der Waals surface area contributed by atoms with Crippen LogP contribution in [0.2, 0.25) is 0 Å². The fourth-order valence-electron chi connectivity index (χ4n) is 3.86. The largest absolute Gasteiger partial charge is 0.497 e. The molecule has 162 valence electrons. The number of benzene rings is 2. The third-order valence-electron chi connectivity index (χ3n) is 5.34. The van der Waals surface area contributed by atoms with E-state index >= 15 is 0 Å². The molecule has 2 heterocycles. The highest BCUT2D eigenvalue weighted by Gasteiger charge is 2.29. The number of carbonyl (C=O) groups is 1. The Bertz CT molecular complexity index is 1030. The van der Waals surface area contributed by atoms with E-state index in [1.54, 1.807) is 18.9 Å². The van der Waals surface area contributed by atoms with Crippen LogP contribution in [-0.4, -0.2) is 60.1 Å². The van der Waals surface area contributed by atoms with Crippen LogP contribution in [0.3, 0.4) is 0 Å². The maximum absolute atomic E-state index is 13.5. The van der Waals surface area contributed by atoms with Gasteiger partial charge in [-0.2, -0.15) is 5.10 Å². The molecule has 0 bridgehead atoms. The summed E-state index contributed by atoms with van der Waals surface area (Å²) in [4.78, 5) is 15.4. The average molecular weight is 421 g/mol. The highest BCUT2D eigenvalue weighted by molar-refractivity contribution is 5.94. The number of amides is 1. The fourth-order valence-corrected chi connectivity index (χ4v) is 3.86. The zero-order chi connectivity index (χ0) is 22.0. The molecule has 1 saturated heterocycles. The molecule has 0 N–H and O–H groups in total. The van der Waals surface area contributed by atoms with Crippen LogP contribution in [0.4, 0.5) is 0 Å². The molecule has 1 aromatic heterocycles. The molecule has 4 rings (SSSR count). The first kappa shape index (κ1) is 20.9. The molecule has 1 amide bonds. The quantitative estimate of drug-likeness (QED) is 0.627. The molecular formula is C24H27N3O4.